The molecule has 0 aromatic heterocycles. The highest BCUT2D eigenvalue weighted by molar-refractivity contribution is 5.91. The fraction of sp³-hybridized carbons (Fsp3) is 0.467. The minimum Gasteiger partial charge on any atom is -0.465 e. The maximum absolute atomic E-state index is 13.3. The predicted octanol–water partition coefficient (Wildman–Crippen LogP) is 2.43. The van der Waals surface area contributed by atoms with Crippen molar-refractivity contribution in [3.63, 3.8) is 0 Å². The van der Waals surface area contributed by atoms with Crippen LogP contribution in [0.2, 0.25) is 0 Å². The van der Waals surface area contributed by atoms with Gasteiger partial charge in [0.25, 0.3) is 0 Å². The van der Waals surface area contributed by atoms with Crippen molar-refractivity contribution < 1.29 is 23.5 Å². The van der Waals surface area contributed by atoms with Crippen molar-refractivity contribution >= 4 is 12.0 Å². The second-order valence-electron chi connectivity index (χ2n) is 5.84. The summed E-state index contributed by atoms with van der Waals surface area (Å²) in [4.78, 5) is 25.0. The van der Waals surface area contributed by atoms with Gasteiger partial charge in [0.2, 0.25) is 5.91 Å². The van der Waals surface area contributed by atoms with E-state index in [4.69, 9.17) is 0 Å². The van der Waals surface area contributed by atoms with E-state index in [2.05, 4.69) is 5.32 Å². The second-order valence-corrected chi connectivity index (χ2v) is 5.84. The summed E-state index contributed by atoms with van der Waals surface area (Å²) in [5.41, 5.74) is -0.672. The van der Waals surface area contributed by atoms with Crippen molar-refractivity contribution in [1.29, 1.82) is 0 Å². The lowest BCUT2D eigenvalue weighted by molar-refractivity contribution is -0.135. The fourth-order valence-electron chi connectivity index (χ4n) is 3.54. The van der Waals surface area contributed by atoms with Crippen LogP contribution in [-0.2, 0) is 4.79 Å². The smallest absolute Gasteiger partial charge is 0.408 e. The van der Waals surface area contributed by atoms with Crippen LogP contribution in [0, 0.1) is 11.6 Å². The first-order valence-electron chi connectivity index (χ1n) is 7.20. The first kappa shape index (κ1) is 14.7. The van der Waals surface area contributed by atoms with Gasteiger partial charge in [0.1, 0.15) is 17.2 Å². The van der Waals surface area contributed by atoms with Gasteiger partial charge < -0.3 is 10.4 Å². The molecule has 2 N–H and O–H groups in total. The molecule has 7 heteroatoms. The number of rotatable bonds is 1. The van der Waals surface area contributed by atoms with Gasteiger partial charge in [-0.25, -0.2) is 13.6 Å². The molecule has 2 unspecified atom stereocenters. The van der Waals surface area contributed by atoms with Gasteiger partial charge in [-0.15, -0.1) is 0 Å². The molecule has 0 radical (unpaired) electrons. The first-order valence-corrected chi connectivity index (χ1v) is 7.20. The number of likely N-dealkylation sites (tertiary alicyclic amines) is 1. The van der Waals surface area contributed by atoms with Crippen LogP contribution in [-0.4, -0.2) is 34.1 Å². The van der Waals surface area contributed by atoms with Crippen molar-refractivity contribution in [3.8, 4) is 0 Å². The number of carbonyl (C=O) groups excluding carboxylic acids is 1. The van der Waals surface area contributed by atoms with Gasteiger partial charge in [-0.2, -0.15) is 0 Å². The Morgan fingerprint density at radius 1 is 1.27 bits per heavy atom. The summed E-state index contributed by atoms with van der Waals surface area (Å²) in [6.07, 6.45) is 0.809. The van der Waals surface area contributed by atoms with E-state index in [9.17, 15) is 23.5 Å². The standard InChI is InChI=1S/C15H16F2N2O3/c16-10-6-9(7-11(17)8-10)12-2-4-15(13(20)18-12)3-1-5-19(15)14(21)22/h6-8,12H,1-5H2,(H,18,20)(H,21,22). The lowest BCUT2D eigenvalue weighted by Gasteiger charge is -2.41. The van der Waals surface area contributed by atoms with Crippen LogP contribution in [0.15, 0.2) is 18.2 Å². The van der Waals surface area contributed by atoms with Crippen LogP contribution in [0.25, 0.3) is 0 Å². The predicted molar refractivity (Wildman–Crippen MR) is 73.2 cm³/mol. The van der Waals surface area contributed by atoms with E-state index in [-0.39, 0.29) is 5.91 Å². The Balaban J connectivity index is 1.83. The Morgan fingerprint density at radius 2 is 1.95 bits per heavy atom. The zero-order valence-electron chi connectivity index (χ0n) is 11.8. The van der Waals surface area contributed by atoms with Crippen molar-refractivity contribution in [1.82, 2.24) is 10.2 Å². The Hall–Kier alpha value is -2.18. The van der Waals surface area contributed by atoms with E-state index in [1.807, 2.05) is 0 Å². The Kier molecular flexibility index (Phi) is 3.50. The molecular weight excluding hydrogens is 294 g/mol. The number of nitrogens with one attached hydrogen (secondary N) is 1. The van der Waals surface area contributed by atoms with Crippen LogP contribution in [0.4, 0.5) is 13.6 Å². The molecular formula is C15H16F2N2O3. The molecule has 3 rings (SSSR count). The molecule has 2 atom stereocenters. The monoisotopic (exact) mass is 310 g/mol. The van der Waals surface area contributed by atoms with E-state index >= 15 is 0 Å². The Bertz CT molecular complexity index is 617. The Labute approximate surface area is 125 Å². The van der Waals surface area contributed by atoms with Crippen molar-refractivity contribution in [2.75, 3.05) is 6.54 Å². The zero-order valence-corrected chi connectivity index (χ0v) is 11.8. The highest BCUT2D eigenvalue weighted by atomic mass is 19.1. The van der Waals surface area contributed by atoms with Gasteiger partial charge in [0.15, 0.2) is 0 Å². The molecule has 22 heavy (non-hydrogen) atoms. The number of halogens is 2. The lowest BCUT2D eigenvalue weighted by atomic mass is 9.82. The first-order chi connectivity index (χ1) is 10.4. The number of nitrogens with zero attached hydrogens (tertiary/aromatic N) is 1. The molecule has 5 nitrogen and oxygen atoms in total. The number of hydrogen-bond acceptors (Lipinski definition) is 2. The normalized spacial score (nSPS) is 28.0. The van der Waals surface area contributed by atoms with Crippen molar-refractivity contribution in [2.24, 2.45) is 0 Å². The van der Waals surface area contributed by atoms with Crippen LogP contribution < -0.4 is 5.32 Å². The average molecular weight is 310 g/mol. The molecule has 0 bridgehead atoms. The molecule has 118 valence electrons. The van der Waals surface area contributed by atoms with E-state index in [0.29, 0.717) is 37.8 Å². The number of benzene rings is 1. The van der Waals surface area contributed by atoms with E-state index in [0.717, 1.165) is 6.07 Å². The van der Waals surface area contributed by atoms with Gasteiger partial charge in [0.05, 0.1) is 6.04 Å². The minimum absolute atomic E-state index is 0.335. The van der Waals surface area contributed by atoms with Crippen LogP contribution in [0.5, 0.6) is 0 Å². The minimum atomic E-state index is -1.11. The molecule has 2 aliphatic rings. The van der Waals surface area contributed by atoms with Gasteiger partial charge in [-0.1, -0.05) is 0 Å². The molecule has 2 fully saturated rings. The third kappa shape index (κ3) is 2.30. The molecule has 1 aromatic rings. The lowest BCUT2D eigenvalue weighted by Crippen LogP contribution is -2.60. The number of carbonyl (C=O) groups is 2. The third-order valence-electron chi connectivity index (χ3n) is 4.58. The highest BCUT2D eigenvalue weighted by Gasteiger charge is 2.52. The summed E-state index contributed by atoms with van der Waals surface area (Å²) in [5.74, 6) is -1.77. The molecule has 0 aliphatic carbocycles. The largest absolute Gasteiger partial charge is 0.465 e. The molecule has 0 saturated carbocycles. The summed E-state index contributed by atoms with van der Waals surface area (Å²) < 4.78 is 26.6. The van der Waals surface area contributed by atoms with Crippen LogP contribution in [0.3, 0.4) is 0 Å². The molecule has 2 heterocycles. The molecule has 2 amide bonds. The quantitative estimate of drug-likeness (QED) is 0.837. The SMILES string of the molecule is O=C(O)N1CCCC12CCC(c1cc(F)cc(F)c1)NC2=O. The summed E-state index contributed by atoms with van der Waals surface area (Å²) in [5, 5.41) is 12.0. The fourth-order valence-corrected chi connectivity index (χ4v) is 3.54. The van der Waals surface area contributed by atoms with Gasteiger partial charge in [-0.05, 0) is 43.4 Å². The number of piperidine rings is 1. The topological polar surface area (TPSA) is 69.6 Å². The Morgan fingerprint density at radius 3 is 2.55 bits per heavy atom. The third-order valence-corrected chi connectivity index (χ3v) is 4.58. The summed E-state index contributed by atoms with van der Waals surface area (Å²) in [6.45, 7) is 0.335. The zero-order chi connectivity index (χ0) is 15.9. The van der Waals surface area contributed by atoms with E-state index in [1.165, 1.54) is 17.0 Å². The maximum Gasteiger partial charge on any atom is 0.408 e. The number of carboxylic acid groups (broad SMARTS) is 1. The number of hydrogen-bond donors (Lipinski definition) is 2. The molecule has 2 aliphatic heterocycles. The van der Waals surface area contributed by atoms with Gasteiger partial charge in [-0.3, -0.25) is 9.69 Å². The van der Waals surface area contributed by atoms with Gasteiger partial charge >= 0.3 is 6.09 Å². The average Bonchev–Trinajstić information content (AvgIpc) is 2.86. The van der Waals surface area contributed by atoms with Crippen molar-refractivity contribution in [2.45, 2.75) is 37.3 Å². The molecule has 2 saturated heterocycles. The number of amides is 2. The molecule has 1 aromatic carbocycles. The summed E-state index contributed by atoms with van der Waals surface area (Å²) in [7, 11) is 0. The maximum atomic E-state index is 13.3. The summed E-state index contributed by atoms with van der Waals surface area (Å²) in [6, 6.07) is 2.66. The molecule has 1 spiro atoms. The van der Waals surface area contributed by atoms with Crippen LogP contribution in [0.1, 0.15) is 37.3 Å². The van der Waals surface area contributed by atoms with E-state index in [1.54, 1.807) is 0 Å². The van der Waals surface area contributed by atoms with Crippen LogP contribution >= 0.6 is 0 Å². The second kappa shape index (κ2) is 5.23. The van der Waals surface area contributed by atoms with E-state index < -0.39 is 29.3 Å². The van der Waals surface area contributed by atoms with Crippen molar-refractivity contribution in [3.05, 3.63) is 35.4 Å². The van der Waals surface area contributed by atoms with Gasteiger partial charge in [0, 0.05) is 12.6 Å². The highest BCUT2D eigenvalue weighted by Crippen LogP contribution is 2.40. The summed E-state index contributed by atoms with van der Waals surface area (Å²) >= 11 is 0.